The molecule has 1 aliphatic heterocycles. The maximum Gasteiger partial charge on any atom is 0.261 e. The SMILES string of the molecule is Cc1nc(C2CCC(N)CN2C)c2cnoc2n1. The summed E-state index contributed by atoms with van der Waals surface area (Å²) in [4.78, 5) is 11.1. The van der Waals surface area contributed by atoms with Gasteiger partial charge in [0.1, 0.15) is 5.82 Å². The summed E-state index contributed by atoms with van der Waals surface area (Å²) in [6.07, 6.45) is 3.73. The number of likely N-dealkylation sites (N-methyl/N-ethyl adjacent to an activating group) is 1. The molecule has 6 nitrogen and oxygen atoms in total. The Morgan fingerprint density at radius 1 is 1.39 bits per heavy atom. The molecule has 2 atom stereocenters. The summed E-state index contributed by atoms with van der Waals surface area (Å²) in [6.45, 7) is 2.76. The summed E-state index contributed by atoms with van der Waals surface area (Å²) in [6, 6.07) is 0.528. The Kier molecular flexibility index (Phi) is 2.76. The van der Waals surface area contributed by atoms with Crippen molar-refractivity contribution in [3.05, 3.63) is 17.7 Å². The fourth-order valence-electron chi connectivity index (χ4n) is 2.68. The van der Waals surface area contributed by atoms with Gasteiger partial charge in [0.25, 0.3) is 5.71 Å². The van der Waals surface area contributed by atoms with Gasteiger partial charge in [-0.2, -0.15) is 4.98 Å². The largest absolute Gasteiger partial charge is 0.336 e. The van der Waals surface area contributed by atoms with Gasteiger partial charge in [-0.1, -0.05) is 5.16 Å². The van der Waals surface area contributed by atoms with Gasteiger partial charge in [-0.25, -0.2) is 4.98 Å². The summed E-state index contributed by atoms with van der Waals surface area (Å²) in [7, 11) is 2.08. The number of hydrogen-bond donors (Lipinski definition) is 1. The van der Waals surface area contributed by atoms with E-state index in [2.05, 4.69) is 27.1 Å². The van der Waals surface area contributed by atoms with E-state index < -0.39 is 0 Å². The molecule has 1 aliphatic rings. The minimum atomic E-state index is 0.257. The van der Waals surface area contributed by atoms with Crippen LogP contribution in [-0.4, -0.2) is 39.7 Å². The maximum atomic E-state index is 5.98. The Labute approximate surface area is 105 Å². The Balaban J connectivity index is 2.05. The fourth-order valence-corrected chi connectivity index (χ4v) is 2.68. The van der Waals surface area contributed by atoms with Crippen LogP contribution in [0.1, 0.15) is 30.4 Å². The van der Waals surface area contributed by atoms with Crippen LogP contribution in [0.5, 0.6) is 0 Å². The number of aryl methyl sites for hydroxylation is 1. The number of aromatic nitrogens is 3. The fraction of sp³-hybridized carbons (Fsp3) is 0.583. The van der Waals surface area contributed by atoms with E-state index in [9.17, 15) is 0 Å². The lowest BCUT2D eigenvalue weighted by molar-refractivity contribution is 0.167. The number of nitrogens with two attached hydrogens (primary N) is 1. The molecular formula is C12H17N5O. The van der Waals surface area contributed by atoms with Crippen LogP contribution < -0.4 is 5.73 Å². The zero-order valence-electron chi connectivity index (χ0n) is 10.6. The minimum Gasteiger partial charge on any atom is -0.336 e. The number of fused-ring (bicyclic) bond motifs is 1. The molecule has 3 rings (SSSR count). The van der Waals surface area contributed by atoms with Crippen LogP contribution in [-0.2, 0) is 0 Å². The van der Waals surface area contributed by atoms with Crippen molar-refractivity contribution in [1.29, 1.82) is 0 Å². The third kappa shape index (κ3) is 1.87. The molecule has 0 amide bonds. The van der Waals surface area contributed by atoms with E-state index in [-0.39, 0.29) is 12.1 Å². The van der Waals surface area contributed by atoms with Crippen LogP contribution in [0.25, 0.3) is 11.1 Å². The van der Waals surface area contributed by atoms with Gasteiger partial charge < -0.3 is 10.3 Å². The zero-order valence-corrected chi connectivity index (χ0v) is 10.6. The van der Waals surface area contributed by atoms with E-state index in [0.717, 1.165) is 36.3 Å². The van der Waals surface area contributed by atoms with Gasteiger partial charge in [0.05, 0.1) is 23.3 Å². The molecule has 1 saturated heterocycles. The quantitative estimate of drug-likeness (QED) is 0.810. The first-order valence-corrected chi connectivity index (χ1v) is 6.20. The third-order valence-electron chi connectivity index (χ3n) is 3.55. The van der Waals surface area contributed by atoms with E-state index >= 15 is 0 Å². The molecule has 2 N–H and O–H groups in total. The van der Waals surface area contributed by atoms with Crippen LogP contribution in [0.15, 0.2) is 10.7 Å². The van der Waals surface area contributed by atoms with Gasteiger partial charge in [-0.15, -0.1) is 0 Å². The Bertz CT molecular complexity index is 567. The van der Waals surface area contributed by atoms with E-state index in [1.54, 1.807) is 6.20 Å². The Hall–Kier alpha value is -1.53. The highest BCUT2D eigenvalue weighted by Crippen LogP contribution is 2.31. The molecule has 0 radical (unpaired) electrons. The first-order valence-electron chi connectivity index (χ1n) is 6.20. The van der Waals surface area contributed by atoms with Gasteiger partial charge >= 0.3 is 0 Å². The molecule has 6 heteroatoms. The number of rotatable bonds is 1. The molecular weight excluding hydrogens is 230 g/mol. The Morgan fingerprint density at radius 3 is 3.00 bits per heavy atom. The predicted octanol–water partition coefficient (Wildman–Crippen LogP) is 1.02. The summed E-state index contributed by atoms with van der Waals surface area (Å²) in [5.74, 6) is 0.720. The van der Waals surface area contributed by atoms with Crippen molar-refractivity contribution in [3.63, 3.8) is 0 Å². The van der Waals surface area contributed by atoms with Gasteiger partial charge in [0.15, 0.2) is 0 Å². The molecule has 0 saturated carbocycles. The van der Waals surface area contributed by atoms with Gasteiger partial charge in [0.2, 0.25) is 0 Å². The topological polar surface area (TPSA) is 81.1 Å². The van der Waals surface area contributed by atoms with Crippen molar-refractivity contribution in [2.75, 3.05) is 13.6 Å². The van der Waals surface area contributed by atoms with Gasteiger partial charge in [-0.05, 0) is 26.8 Å². The number of nitrogens with zero attached hydrogens (tertiary/aromatic N) is 4. The molecule has 0 bridgehead atoms. The first kappa shape index (κ1) is 11.6. The number of hydrogen-bond acceptors (Lipinski definition) is 6. The molecule has 18 heavy (non-hydrogen) atoms. The summed E-state index contributed by atoms with van der Waals surface area (Å²) < 4.78 is 5.14. The van der Waals surface area contributed by atoms with Crippen molar-refractivity contribution in [3.8, 4) is 0 Å². The lowest BCUT2D eigenvalue weighted by Crippen LogP contribution is -2.42. The molecule has 0 aromatic carbocycles. The molecule has 2 aromatic rings. The highest BCUT2D eigenvalue weighted by molar-refractivity contribution is 5.75. The second-order valence-corrected chi connectivity index (χ2v) is 4.99. The van der Waals surface area contributed by atoms with Crippen LogP contribution in [0.2, 0.25) is 0 Å². The van der Waals surface area contributed by atoms with Crippen molar-refractivity contribution in [2.45, 2.75) is 31.8 Å². The molecule has 3 heterocycles. The summed E-state index contributed by atoms with van der Waals surface area (Å²) in [5.41, 5.74) is 7.56. The lowest BCUT2D eigenvalue weighted by Gasteiger charge is -2.35. The van der Waals surface area contributed by atoms with E-state index in [0.29, 0.717) is 5.71 Å². The first-order chi connectivity index (χ1) is 8.65. The third-order valence-corrected chi connectivity index (χ3v) is 3.55. The standard InChI is InChI=1S/C12H17N5O/c1-7-15-11(9-5-14-18-12(9)16-7)10-4-3-8(13)6-17(10)2/h5,8,10H,3-4,6,13H2,1-2H3. The smallest absolute Gasteiger partial charge is 0.261 e. The molecule has 0 spiro atoms. The van der Waals surface area contributed by atoms with Crippen LogP contribution in [0, 0.1) is 6.92 Å². The molecule has 1 fully saturated rings. The molecule has 0 aliphatic carbocycles. The van der Waals surface area contributed by atoms with Crippen molar-refractivity contribution in [1.82, 2.24) is 20.0 Å². The van der Waals surface area contributed by atoms with Crippen LogP contribution in [0.3, 0.4) is 0 Å². The highest BCUT2D eigenvalue weighted by atomic mass is 16.5. The monoisotopic (exact) mass is 247 g/mol. The van der Waals surface area contributed by atoms with Crippen molar-refractivity contribution >= 4 is 11.1 Å². The Morgan fingerprint density at radius 2 is 2.22 bits per heavy atom. The normalized spacial score (nSPS) is 25.7. The lowest BCUT2D eigenvalue weighted by atomic mass is 9.96. The van der Waals surface area contributed by atoms with E-state index in [4.69, 9.17) is 10.3 Å². The van der Waals surface area contributed by atoms with Gasteiger partial charge in [-0.3, -0.25) is 4.90 Å². The molecule has 2 unspecified atom stereocenters. The van der Waals surface area contributed by atoms with E-state index in [1.807, 2.05) is 6.92 Å². The summed E-state index contributed by atoms with van der Waals surface area (Å²) >= 11 is 0. The highest BCUT2D eigenvalue weighted by Gasteiger charge is 2.28. The van der Waals surface area contributed by atoms with Gasteiger partial charge in [0, 0.05) is 12.6 Å². The average Bonchev–Trinajstić information content (AvgIpc) is 2.76. The number of likely N-dealkylation sites (tertiary alicyclic amines) is 1. The van der Waals surface area contributed by atoms with Crippen molar-refractivity contribution in [2.24, 2.45) is 5.73 Å². The number of piperidine rings is 1. The summed E-state index contributed by atoms with van der Waals surface area (Å²) in [5, 5.41) is 4.73. The zero-order chi connectivity index (χ0) is 12.7. The average molecular weight is 247 g/mol. The predicted molar refractivity (Wildman–Crippen MR) is 66.9 cm³/mol. The maximum absolute atomic E-state index is 5.98. The second kappa shape index (κ2) is 4.29. The van der Waals surface area contributed by atoms with E-state index in [1.165, 1.54) is 0 Å². The minimum absolute atomic E-state index is 0.257. The van der Waals surface area contributed by atoms with Crippen LogP contribution >= 0.6 is 0 Å². The van der Waals surface area contributed by atoms with Crippen molar-refractivity contribution < 1.29 is 4.52 Å². The van der Waals surface area contributed by atoms with Crippen LogP contribution in [0.4, 0.5) is 0 Å². The second-order valence-electron chi connectivity index (χ2n) is 4.99. The molecule has 96 valence electrons. The molecule has 2 aromatic heterocycles.